The van der Waals surface area contributed by atoms with Crippen molar-refractivity contribution in [3.8, 4) is 0 Å². The van der Waals surface area contributed by atoms with Crippen molar-refractivity contribution in [3.05, 3.63) is 69.5 Å². The minimum Gasteiger partial charge on any atom is -0.374 e. The Labute approximate surface area is 152 Å². The van der Waals surface area contributed by atoms with Crippen LogP contribution in [0.15, 0.2) is 46.4 Å². The Hall–Kier alpha value is -2.08. The summed E-state index contributed by atoms with van der Waals surface area (Å²) in [6.07, 6.45) is 0. The Bertz CT molecular complexity index is 818. The lowest BCUT2D eigenvalue weighted by Gasteiger charge is -2.09. The third-order valence-electron chi connectivity index (χ3n) is 3.72. The van der Waals surface area contributed by atoms with E-state index in [0.29, 0.717) is 34.2 Å². The summed E-state index contributed by atoms with van der Waals surface area (Å²) in [4.78, 5) is 8.59. The van der Waals surface area contributed by atoms with Gasteiger partial charge >= 0.3 is 0 Å². The highest BCUT2D eigenvalue weighted by molar-refractivity contribution is 6.34. The van der Waals surface area contributed by atoms with E-state index in [2.05, 4.69) is 15.3 Å². The molecule has 0 saturated heterocycles. The standard InChI is InChI=1S/C19H21ClFN3O/c1-12-8-15(5-7-18(12)21)13(2)24-19(23-11-25)16-9-14(10-22-3)4-6-17(16)20/h4-9,22,25H,10-11H2,1-3H3. The van der Waals surface area contributed by atoms with Gasteiger partial charge in [-0.25, -0.2) is 14.4 Å². The highest BCUT2D eigenvalue weighted by Gasteiger charge is 2.11. The molecule has 2 rings (SSSR count). The topological polar surface area (TPSA) is 57.0 Å². The Morgan fingerprint density at radius 2 is 2.00 bits per heavy atom. The van der Waals surface area contributed by atoms with Gasteiger partial charge in [-0.3, -0.25) is 0 Å². The molecule has 4 nitrogen and oxygen atoms in total. The Morgan fingerprint density at radius 3 is 2.64 bits per heavy atom. The molecule has 0 aromatic heterocycles. The van der Waals surface area contributed by atoms with E-state index in [1.54, 1.807) is 25.1 Å². The van der Waals surface area contributed by atoms with Crippen molar-refractivity contribution >= 4 is 23.1 Å². The molecule has 0 spiro atoms. The number of nitrogens with zero attached hydrogens (tertiary/aromatic N) is 2. The van der Waals surface area contributed by atoms with Crippen LogP contribution in [0.25, 0.3) is 0 Å². The summed E-state index contributed by atoms with van der Waals surface area (Å²) in [5, 5.41) is 12.8. The first-order valence-corrected chi connectivity index (χ1v) is 8.24. The SMILES string of the molecule is CNCc1ccc(Cl)c(C(N=C(C)c2ccc(F)c(C)c2)=NCO)c1. The van der Waals surface area contributed by atoms with Gasteiger partial charge in [0.15, 0.2) is 5.84 Å². The minimum absolute atomic E-state index is 0.261. The molecule has 0 radical (unpaired) electrons. The number of benzene rings is 2. The van der Waals surface area contributed by atoms with Crippen LogP contribution in [0.3, 0.4) is 0 Å². The zero-order valence-corrected chi connectivity index (χ0v) is 15.2. The fourth-order valence-electron chi connectivity index (χ4n) is 2.40. The van der Waals surface area contributed by atoms with Crippen molar-refractivity contribution in [1.29, 1.82) is 0 Å². The predicted molar refractivity (Wildman–Crippen MR) is 101 cm³/mol. The van der Waals surface area contributed by atoms with E-state index in [1.165, 1.54) is 6.07 Å². The Balaban J connectivity index is 2.46. The van der Waals surface area contributed by atoms with Gasteiger partial charge in [-0.15, -0.1) is 0 Å². The molecule has 6 heteroatoms. The van der Waals surface area contributed by atoms with Gasteiger partial charge < -0.3 is 10.4 Å². The molecule has 2 N–H and O–H groups in total. The van der Waals surface area contributed by atoms with Crippen molar-refractivity contribution in [2.75, 3.05) is 13.8 Å². The molecule has 0 fully saturated rings. The number of aliphatic hydroxyl groups is 1. The van der Waals surface area contributed by atoms with E-state index in [-0.39, 0.29) is 5.82 Å². The van der Waals surface area contributed by atoms with Crippen molar-refractivity contribution < 1.29 is 9.50 Å². The molecule has 0 unspecified atom stereocenters. The van der Waals surface area contributed by atoms with E-state index < -0.39 is 6.73 Å². The average Bonchev–Trinajstić information content (AvgIpc) is 2.59. The van der Waals surface area contributed by atoms with Crippen LogP contribution < -0.4 is 5.32 Å². The monoisotopic (exact) mass is 361 g/mol. The van der Waals surface area contributed by atoms with Gasteiger partial charge in [0.1, 0.15) is 12.5 Å². The summed E-state index contributed by atoms with van der Waals surface area (Å²) in [6, 6.07) is 10.4. The highest BCUT2D eigenvalue weighted by Crippen LogP contribution is 2.20. The first-order chi connectivity index (χ1) is 12.0. The Kier molecular flexibility index (Phi) is 6.82. The third-order valence-corrected chi connectivity index (χ3v) is 4.05. The van der Waals surface area contributed by atoms with Gasteiger partial charge in [-0.05, 0) is 61.9 Å². The quantitative estimate of drug-likeness (QED) is 0.630. The molecule has 0 aliphatic carbocycles. The van der Waals surface area contributed by atoms with Crippen LogP contribution in [0, 0.1) is 12.7 Å². The van der Waals surface area contributed by atoms with Crippen LogP contribution >= 0.6 is 11.6 Å². The van der Waals surface area contributed by atoms with Gasteiger partial charge in [-0.2, -0.15) is 0 Å². The largest absolute Gasteiger partial charge is 0.374 e. The third kappa shape index (κ3) is 4.95. The summed E-state index contributed by atoms with van der Waals surface area (Å²) in [6.45, 7) is 3.79. The van der Waals surface area contributed by atoms with E-state index in [9.17, 15) is 9.50 Å². The number of rotatable bonds is 5. The molecule has 0 aliphatic heterocycles. The molecule has 0 heterocycles. The van der Waals surface area contributed by atoms with E-state index >= 15 is 0 Å². The highest BCUT2D eigenvalue weighted by atomic mass is 35.5. The molecule has 0 saturated carbocycles. The smallest absolute Gasteiger partial charge is 0.158 e. The van der Waals surface area contributed by atoms with Gasteiger partial charge in [-0.1, -0.05) is 23.7 Å². The van der Waals surface area contributed by atoms with Crippen LogP contribution in [0.4, 0.5) is 4.39 Å². The molecule has 132 valence electrons. The van der Waals surface area contributed by atoms with Gasteiger partial charge in [0, 0.05) is 17.8 Å². The molecular weight excluding hydrogens is 341 g/mol. The first-order valence-electron chi connectivity index (χ1n) is 7.86. The van der Waals surface area contributed by atoms with E-state index in [0.717, 1.165) is 11.1 Å². The van der Waals surface area contributed by atoms with Crippen molar-refractivity contribution in [2.24, 2.45) is 9.98 Å². The van der Waals surface area contributed by atoms with Crippen LogP contribution in [0.1, 0.15) is 29.2 Å². The number of hydrogen-bond donors (Lipinski definition) is 2. The maximum Gasteiger partial charge on any atom is 0.158 e. The van der Waals surface area contributed by atoms with Crippen LogP contribution in [0.5, 0.6) is 0 Å². The number of aliphatic hydroxyl groups excluding tert-OH is 1. The lowest BCUT2D eigenvalue weighted by molar-refractivity contribution is 0.309. The molecule has 0 atom stereocenters. The van der Waals surface area contributed by atoms with E-state index in [1.807, 2.05) is 26.1 Å². The number of amidine groups is 1. The summed E-state index contributed by atoms with van der Waals surface area (Å²) in [5.74, 6) is 0.0774. The maximum atomic E-state index is 13.5. The fourth-order valence-corrected chi connectivity index (χ4v) is 2.60. The Morgan fingerprint density at radius 1 is 1.24 bits per heavy atom. The van der Waals surface area contributed by atoms with Crippen molar-refractivity contribution in [3.63, 3.8) is 0 Å². The molecule has 0 amide bonds. The van der Waals surface area contributed by atoms with Crippen LogP contribution in [0.2, 0.25) is 5.02 Å². The molecule has 2 aromatic rings. The summed E-state index contributed by atoms with van der Waals surface area (Å²) >= 11 is 6.30. The summed E-state index contributed by atoms with van der Waals surface area (Å²) < 4.78 is 13.5. The predicted octanol–water partition coefficient (Wildman–Crippen LogP) is 3.71. The zero-order chi connectivity index (χ0) is 18.4. The maximum absolute atomic E-state index is 13.5. The van der Waals surface area contributed by atoms with Gasteiger partial charge in [0.05, 0.1) is 5.02 Å². The first kappa shape index (κ1) is 19.2. The zero-order valence-electron chi connectivity index (χ0n) is 14.5. The lowest BCUT2D eigenvalue weighted by atomic mass is 10.1. The average molecular weight is 362 g/mol. The number of aliphatic imine (C=N–C) groups is 2. The van der Waals surface area contributed by atoms with E-state index in [4.69, 9.17) is 11.6 Å². The number of aryl methyl sites for hydroxylation is 1. The minimum atomic E-state index is -0.402. The van der Waals surface area contributed by atoms with Crippen LogP contribution in [-0.4, -0.2) is 30.4 Å². The molecule has 25 heavy (non-hydrogen) atoms. The second-order valence-electron chi connectivity index (χ2n) is 5.63. The van der Waals surface area contributed by atoms with Crippen molar-refractivity contribution in [1.82, 2.24) is 5.32 Å². The van der Waals surface area contributed by atoms with Gasteiger partial charge in [0.25, 0.3) is 0 Å². The van der Waals surface area contributed by atoms with Gasteiger partial charge in [0.2, 0.25) is 0 Å². The summed E-state index contributed by atoms with van der Waals surface area (Å²) in [5.41, 5.74) is 3.65. The molecule has 0 aliphatic rings. The number of halogens is 2. The molecule has 2 aromatic carbocycles. The lowest BCUT2D eigenvalue weighted by Crippen LogP contribution is -2.09. The number of nitrogens with one attached hydrogen (secondary N) is 1. The second kappa shape index (κ2) is 8.85. The fraction of sp³-hybridized carbons (Fsp3) is 0.263. The number of hydrogen-bond acceptors (Lipinski definition) is 3. The summed E-state index contributed by atoms with van der Waals surface area (Å²) in [7, 11) is 1.86. The normalized spacial score (nSPS) is 12.6. The van der Waals surface area contributed by atoms with Crippen molar-refractivity contribution in [2.45, 2.75) is 20.4 Å². The molecular formula is C19H21ClFN3O. The molecule has 0 bridgehead atoms. The second-order valence-corrected chi connectivity index (χ2v) is 6.04. The van der Waals surface area contributed by atoms with Crippen LogP contribution in [-0.2, 0) is 6.54 Å².